The fourth-order valence-electron chi connectivity index (χ4n) is 1.82. The topological polar surface area (TPSA) is 52.5 Å². The summed E-state index contributed by atoms with van der Waals surface area (Å²) in [6.45, 7) is 4.76. The smallest absolute Gasteiger partial charge is 0.157 e. The van der Waals surface area contributed by atoms with Crippen LogP contribution in [0.3, 0.4) is 0 Å². The quantitative estimate of drug-likeness (QED) is 0.725. The Bertz CT molecular complexity index is 564. The van der Waals surface area contributed by atoms with Crippen LogP contribution in [0.5, 0.6) is 11.5 Å². The summed E-state index contributed by atoms with van der Waals surface area (Å²) in [6.07, 6.45) is 0. The average molecular weight is 243 g/mol. The largest absolute Gasteiger partial charge is 0.504 e. The van der Waals surface area contributed by atoms with Crippen LogP contribution in [0.25, 0.3) is 0 Å². The Morgan fingerprint density at radius 1 is 1.00 bits per heavy atom. The van der Waals surface area contributed by atoms with E-state index in [1.54, 1.807) is 12.1 Å². The average Bonchev–Trinajstić information content (AvgIpc) is 2.35. The Hall–Kier alpha value is -2.16. The monoisotopic (exact) mass is 243 g/mol. The van der Waals surface area contributed by atoms with Crippen LogP contribution in [0.1, 0.15) is 16.7 Å². The first-order valence-electron chi connectivity index (χ1n) is 5.89. The zero-order chi connectivity index (χ0) is 13.1. The van der Waals surface area contributed by atoms with Crippen LogP contribution in [-0.4, -0.2) is 10.2 Å². The zero-order valence-electron chi connectivity index (χ0n) is 10.6. The van der Waals surface area contributed by atoms with Crippen LogP contribution in [0, 0.1) is 13.8 Å². The number of aryl methyl sites for hydroxylation is 1. The lowest BCUT2D eigenvalue weighted by atomic mass is 10.1. The number of hydrogen-bond acceptors (Lipinski definition) is 3. The normalized spacial score (nSPS) is 10.3. The first-order chi connectivity index (χ1) is 8.58. The number of phenols is 2. The molecule has 2 rings (SSSR count). The van der Waals surface area contributed by atoms with Gasteiger partial charge in [0.1, 0.15) is 0 Å². The van der Waals surface area contributed by atoms with Gasteiger partial charge in [0.25, 0.3) is 0 Å². The Labute approximate surface area is 107 Å². The van der Waals surface area contributed by atoms with Crippen molar-refractivity contribution in [2.45, 2.75) is 20.4 Å². The minimum atomic E-state index is -0.0921. The van der Waals surface area contributed by atoms with Crippen molar-refractivity contribution in [3.05, 3.63) is 53.1 Å². The van der Waals surface area contributed by atoms with Gasteiger partial charge in [-0.2, -0.15) is 0 Å². The van der Waals surface area contributed by atoms with E-state index in [0.717, 1.165) is 11.3 Å². The Balaban J connectivity index is 2.11. The third kappa shape index (κ3) is 2.56. The van der Waals surface area contributed by atoms with Crippen molar-refractivity contribution in [2.24, 2.45) is 0 Å². The van der Waals surface area contributed by atoms with E-state index in [0.29, 0.717) is 6.54 Å². The lowest BCUT2D eigenvalue weighted by Gasteiger charge is -2.11. The van der Waals surface area contributed by atoms with Crippen molar-refractivity contribution in [2.75, 3.05) is 5.32 Å². The standard InChI is InChI=1S/C15H17NO2/c1-10-4-3-5-13(11(10)2)16-9-12-6-7-14(17)15(18)8-12/h3-8,16-18H,9H2,1-2H3. The Morgan fingerprint density at radius 2 is 1.78 bits per heavy atom. The molecule has 2 aromatic rings. The van der Waals surface area contributed by atoms with Gasteiger partial charge in [0.15, 0.2) is 11.5 Å². The molecule has 0 saturated carbocycles. The second-order valence-electron chi connectivity index (χ2n) is 4.42. The lowest BCUT2D eigenvalue weighted by molar-refractivity contribution is 0.403. The summed E-state index contributed by atoms with van der Waals surface area (Å²) < 4.78 is 0. The highest BCUT2D eigenvalue weighted by Crippen LogP contribution is 2.25. The summed E-state index contributed by atoms with van der Waals surface area (Å²) in [5, 5.41) is 22.0. The van der Waals surface area contributed by atoms with E-state index in [4.69, 9.17) is 0 Å². The molecule has 0 aliphatic rings. The maximum absolute atomic E-state index is 9.42. The molecule has 0 saturated heterocycles. The molecule has 0 amide bonds. The molecule has 0 atom stereocenters. The van der Waals surface area contributed by atoms with Gasteiger partial charge in [0.05, 0.1) is 0 Å². The minimum absolute atomic E-state index is 0.0877. The molecule has 0 unspecified atom stereocenters. The van der Waals surface area contributed by atoms with Crippen molar-refractivity contribution >= 4 is 5.69 Å². The molecule has 0 aromatic heterocycles. The summed E-state index contributed by atoms with van der Waals surface area (Å²) in [4.78, 5) is 0. The van der Waals surface area contributed by atoms with E-state index >= 15 is 0 Å². The van der Waals surface area contributed by atoms with Crippen LogP contribution in [-0.2, 0) is 6.54 Å². The summed E-state index contributed by atoms with van der Waals surface area (Å²) in [7, 11) is 0. The molecule has 18 heavy (non-hydrogen) atoms. The van der Waals surface area contributed by atoms with Crippen molar-refractivity contribution in [3.8, 4) is 11.5 Å². The van der Waals surface area contributed by atoms with E-state index in [1.807, 2.05) is 12.1 Å². The van der Waals surface area contributed by atoms with Gasteiger partial charge in [0, 0.05) is 12.2 Å². The van der Waals surface area contributed by atoms with Crippen LogP contribution in [0.15, 0.2) is 36.4 Å². The van der Waals surface area contributed by atoms with Gasteiger partial charge < -0.3 is 15.5 Å². The maximum atomic E-state index is 9.42. The molecule has 0 radical (unpaired) electrons. The van der Waals surface area contributed by atoms with Crippen molar-refractivity contribution < 1.29 is 10.2 Å². The molecule has 3 heteroatoms. The summed E-state index contributed by atoms with van der Waals surface area (Å²) in [6, 6.07) is 11.0. The number of aromatic hydroxyl groups is 2. The molecule has 3 nitrogen and oxygen atoms in total. The van der Waals surface area contributed by atoms with E-state index in [1.165, 1.54) is 17.2 Å². The zero-order valence-corrected chi connectivity index (χ0v) is 10.6. The molecule has 0 bridgehead atoms. The number of benzene rings is 2. The van der Waals surface area contributed by atoms with E-state index in [-0.39, 0.29) is 11.5 Å². The molecule has 0 aliphatic carbocycles. The number of phenolic OH excluding ortho intramolecular Hbond substituents is 2. The van der Waals surface area contributed by atoms with Gasteiger partial charge in [-0.1, -0.05) is 18.2 Å². The highest BCUT2D eigenvalue weighted by atomic mass is 16.3. The highest BCUT2D eigenvalue weighted by Gasteiger charge is 2.03. The molecule has 2 aromatic carbocycles. The predicted molar refractivity (Wildman–Crippen MR) is 73.0 cm³/mol. The second kappa shape index (κ2) is 5.00. The van der Waals surface area contributed by atoms with Crippen LogP contribution in [0.2, 0.25) is 0 Å². The van der Waals surface area contributed by atoms with Crippen molar-refractivity contribution in [1.82, 2.24) is 0 Å². The van der Waals surface area contributed by atoms with Gasteiger partial charge in [-0.05, 0) is 48.7 Å². The van der Waals surface area contributed by atoms with Crippen LogP contribution in [0.4, 0.5) is 5.69 Å². The van der Waals surface area contributed by atoms with Gasteiger partial charge in [-0.3, -0.25) is 0 Å². The minimum Gasteiger partial charge on any atom is -0.504 e. The molecular weight excluding hydrogens is 226 g/mol. The maximum Gasteiger partial charge on any atom is 0.157 e. The fraction of sp³-hybridized carbons (Fsp3) is 0.200. The van der Waals surface area contributed by atoms with Gasteiger partial charge in [0.2, 0.25) is 0 Å². The van der Waals surface area contributed by atoms with E-state index < -0.39 is 0 Å². The first-order valence-corrected chi connectivity index (χ1v) is 5.89. The molecule has 0 fully saturated rings. The molecule has 3 N–H and O–H groups in total. The van der Waals surface area contributed by atoms with Crippen molar-refractivity contribution in [1.29, 1.82) is 0 Å². The van der Waals surface area contributed by atoms with Gasteiger partial charge in [-0.15, -0.1) is 0 Å². The Morgan fingerprint density at radius 3 is 2.50 bits per heavy atom. The summed E-state index contributed by atoms with van der Waals surface area (Å²) in [5.74, 6) is -0.180. The SMILES string of the molecule is Cc1cccc(NCc2ccc(O)c(O)c2)c1C. The van der Waals surface area contributed by atoms with Crippen molar-refractivity contribution in [3.63, 3.8) is 0 Å². The predicted octanol–water partition coefficient (Wildman–Crippen LogP) is 3.33. The van der Waals surface area contributed by atoms with E-state index in [9.17, 15) is 10.2 Å². The first kappa shape index (κ1) is 12.3. The third-order valence-electron chi connectivity index (χ3n) is 3.13. The number of rotatable bonds is 3. The van der Waals surface area contributed by atoms with E-state index in [2.05, 4.69) is 25.2 Å². The van der Waals surface area contributed by atoms with Gasteiger partial charge in [-0.25, -0.2) is 0 Å². The number of anilines is 1. The lowest BCUT2D eigenvalue weighted by Crippen LogP contribution is -2.01. The van der Waals surface area contributed by atoms with Gasteiger partial charge >= 0.3 is 0 Å². The fourth-order valence-corrected chi connectivity index (χ4v) is 1.82. The molecule has 0 heterocycles. The molecule has 0 aliphatic heterocycles. The molecule has 0 spiro atoms. The molecule has 94 valence electrons. The summed E-state index contributed by atoms with van der Waals surface area (Å²) >= 11 is 0. The number of nitrogens with one attached hydrogen (secondary N) is 1. The number of hydrogen-bond donors (Lipinski definition) is 3. The van der Waals surface area contributed by atoms with Crippen LogP contribution >= 0.6 is 0 Å². The van der Waals surface area contributed by atoms with Crippen LogP contribution < -0.4 is 5.32 Å². The second-order valence-corrected chi connectivity index (χ2v) is 4.42. The summed E-state index contributed by atoms with van der Waals surface area (Å²) in [5.41, 5.74) is 4.47. The Kier molecular flexibility index (Phi) is 3.42. The highest BCUT2D eigenvalue weighted by molar-refractivity contribution is 5.54. The third-order valence-corrected chi connectivity index (χ3v) is 3.13. The molecular formula is C15H17NO2.